The van der Waals surface area contributed by atoms with Crippen LogP contribution in [0.2, 0.25) is 0 Å². The van der Waals surface area contributed by atoms with Gasteiger partial charge in [0.05, 0.1) is 12.0 Å². The van der Waals surface area contributed by atoms with Gasteiger partial charge in [0.2, 0.25) is 11.8 Å². The molecule has 3 aromatic rings. The van der Waals surface area contributed by atoms with Crippen molar-refractivity contribution in [3.05, 3.63) is 65.5 Å². The molecule has 1 aromatic heterocycles. The van der Waals surface area contributed by atoms with E-state index in [-0.39, 0.29) is 24.4 Å². The van der Waals surface area contributed by atoms with Crippen LogP contribution in [0.25, 0.3) is 11.1 Å². The molecular weight excluding hydrogens is 521 g/mol. The van der Waals surface area contributed by atoms with Crippen LogP contribution in [0.1, 0.15) is 61.6 Å². The molecule has 7 nitrogen and oxygen atoms in total. The van der Waals surface area contributed by atoms with Gasteiger partial charge in [-0.25, -0.2) is 9.78 Å². The van der Waals surface area contributed by atoms with Crippen LogP contribution in [-0.4, -0.2) is 40.6 Å². The highest BCUT2D eigenvalue weighted by Crippen LogP contribution is 2.55. The number of nitrogens with one attached hydrogen (secondary N) is 2. The second-order valence-electron chi connectivity index (χ2n) is 11.9. The minimum Gasteiger partial charge on any atom is -0.438 e. The molecule has 0 unspecified atom stereocenters. The van der Waals surface area contributed by atoms with Crippen molar-refractivity contribution in [2.75, 3.05) is 6.54 Å². The summed E-state index contributed by atoms with van der Waals surface area (Å²) in [5.41, 5.74) is 2.29. The Morgan fingerprint density at radius 1 is 1.10 bits per heavy atom. The number of oxazole rings is 1. The Labute approximate surface area is 229 Å². The highest BCUT2D eigenvalue weighted by molar-refractivity contribution is 5.91. The number of halogens is 3. The summed E-state index contributed by atoms with van der Waals surface area (Å²) >= 11 is 0. The monoisotopic (exact) mass is 552 g/mol. The highest BCUT2D eigenvalue weighted by Gasteiger charge is 2.54. The Balaban J connectivity index is 1.15. The average molecular weight is 553 g/mol. The van der Waals surface area contributed by atoms with Crippen molar-refractivity contribution in [1.29, 1.82) is 0 Å². The Morgan fingerprint density at radius 2 is 1.80 bits per heavy atom. The van der Waals surface area contributed by atoms with Crippen LogP contribution in [-0.2, 0) is 16.8 Å². The lowest BCUT2D eigenvalue weighted by Gasteiger charge is -2.28. The third kappa shape index (κ3) is 4.71. The molecule has 10 heteroatoms. The molecule has 40 heavy (non-hydrogen) atoms. The Morgan fingerprint density at radius 3 is 2.40 bits per heavy atom. The number of hydrogen-bond donors (Lipinski definition) is 2. The van der Waals surface area contributed by atoms with Crippen molar-refractivity contribution < 1.29 is 27.2 Å². The fraction of sp³-hybridized carbons (Fsp3) is 0.500. The van der Waals surface area contributed by atoms with E-state index in [1.54, 1.807) is 18.2 Å². The van der Waals surface area contributed by atoms with Crippen LogP contribution in [0.15, 0.2) is 52.9 Å². The second kappa shape index (κ2) is 9.24. The van der Waals surface area contributed by atoms with Crippen molar-refractivity contribution in [1.82, 2.24) is 20.5 Å². The largest absolute Gasteiger partial charge is 0.438 e. The summed E-state index contributed by atoms with van der Waals surface area (Å²) < 4.78 is 45.5. The minimum atomic E-state index is -4.49. The highest BCUT2D eigenvalue weighted by atomic mass is 19.4. The lowest BCUT2D eigenvalue weighted by molar-refractivity contribution is -0.149. The van der Waals surface area contributed by atoms with E-state index < -0.39 is 30.2 Å². The van der Waals surface area contributed by atoms with Crippen LogP contribution in [0.4, 0.5) is 18.0 Å². The number of amides is 3. The molecule has 210 valence electrons. The third-order valence-electron chi connectivity index (χ3n) is 9.01. The zero-order valence-electron chi connectivity index (χ0n) is 21.9. The average Bonchev–Trinajstić information content (AvgIpc) is 3.82. The van der Waals surface area contributed by atoms with Gasteiger partial charge in [-0.05, 0) is 79.5 Å². The van der Waals surface area contributed by atoms with E-state index in [9.17, 15) is 22.8 Å². The first-order valence-corrected chi connectivity index (χ1v) is 14.1. The van der Waals surface area contributed by atoms with Gasteiger partial charge in [0.15, 0.2) is 5.58 Å². The van der Waals surface area contributed by atoms with E-state index in [1.165, 1.54) is 0 Å². The van der Waals surface area contributed by atoms with Crippen LogP contribution in [0, 0.1) is 17.8 Å². The Kier molecular flexibility index (Phi) is 5.87. The molecule has 1 saturated heterocycles. The van der Waals surface area contributed by atoms with E-state index in [0.29, 0.717) is 34.4 Å². The molecule has 3 amide bonds. The first-order chi connectivity index (χ1) is 19.2. The zero-order valence-corrected chi connectivity index (χ0v) is 21.9. The first kappa shape index (κ1) is 25.4. The molecule has 0 bridgehead atoms. The number of carbonyl (C=O) groups excluding carboxylic acids is 2. The standard InChI is InChI=1S/C30H31F3N4O3/c31-30(32,33)23-16-37(28(39)35-23)15-17-6-11-22-21(14-17)34-26(40-22)25(24(18-7-8-18)19-9-10-19)36-27(38)29(12-13-29)20-4-2-1-3-5-20/h1-6,11,14,18-19,23-25H,7-10,12-13,15-16H2,(H,35,39)(H,36,38)/t23-,25-/m0/s1. The predicted molar refractivity (Wildman–Crippen MR) is 140 cm³/mol. The van der Waals surface area contributed by atoms with Crippen molar-refractivity contribution in [3.8, 4) is 0 Å². The van der Waals surface area contributed by atoms with Gasteiger partial charge < -0.3 is 20.0 Å². The maximum Gasteiger partial charge on any atom is 0.410 e. The second-order valence-corrected chi connectivity index (χ2v) is 11.9. The number of carbonyl (C=O) groups is 2. The number of rotatable bonds is 9. The number of aromatic nitrogens is 1. The number of benzene rings is 2. The fourth-order valence-corrected chi connectivity index (χ4v) is 6.38. The van der Waals surface area contributed by atoms with Crippen molar-refractivity contribution in [2.24, 2.45) is 17.8 Å². The maximum absolute atomic E-state index is 13.8. The normalized spacial score (nSPS) is 22.9. The summed E-state index contributed by atoms with van der Waals surface area (Å²) in [5.74, 6) is 1.81. The smallest absolute Gasteiger partial charge is 0.410 e. The van der Waals surface area contributed by atoms with Gasteiger partial charge in [0.1, 0.15) is 17.6 Å². The molecular formula is C30H31F3N4O3. The van der Waals surface area contributed by atoms with Gasteiger partial charge in [0.25, 0.3) is 0 Å². The van der Waals surface area contributed by atoms with Gasteiger partial charge in [-0.1, -0.05) is 36.4 Å². The van der Waals surface area contributed by atoms with E-state index in [0.717, 1.165) is 49.0 Å². The van der Waals surface area contributed by atoms with E-state index >= 15 is 0 Å². The quantitative estimate of drug-likeness (QED) is 0.361. The summed E-state index contributed by atoms with van der Waals surface area (Å²) in [5, 5.41) is 5.37. The molecule has 3 aliphatic carbocycles. The molecule has 0 spiro atoms. The van der Waals surface area contributed by atoms with E-state index in [4.69, 9.17) is 9.40 Å². The lowest BCUT2D eigenvalue weighted by atomic mass is 9.87. The molecule has 4 fully saturated rings. The van der Waals surface area contributed by atoms with Gasteiger partial charge >= 0.3 is 12.2 Å². The lowest BCUT2D eigenvalue weighted by Crippen LogP contribution is -2.41. The van der Waals surface area contributed by atoms with Gasteiger partial charge in [0, 0.05) is 6.54 Å². The topological polar surface area (TPSA) is 87.5 Å². The number of alkyl halides is 3. The molecule has 1 aliphatic heterocycles. The molecule has 2 N–H and O–H groups in total. The molecule has 2 heterocycles. The molecule has 3 saturated carbocycles. The van der Waals surface area contributed by atoms with Crippen LogP contribution in [0.5, 0.6) is 0 Å². The van der Waals surface area contributed by atoms with Gasteiger partial charge in [-0.3, -0.25) is 4.79 Å². The summed E-state index contributed by atoms with van der Waals surface area (Å²) in [6.45, 7) is -0.407. The Bertz CT molecular complexity index is 1430. The molecule has 2 atom stereocenters. The van der Waals surface area contributed by atoms with Crippen molar-refractivity contribution >= 4 is 23.0 Å². The molecule has 2 aromatic carbocycles. The molecule has 4 aliphatic rings. The van der Waals surface area contributed by atoms with Gasteiger partial charge in [-0.2, -0.15) is 13.2 Å². The predicted octanol–water partition coefficient (Wildman–Crippen LogP) is 5.61. The van der Waals surface area contributed by atoms with Gasteiger partial charge in [-0.15, -0.1) is 0 Å². The zero-order chi connectivity index (χ0) is 27.6. The Hall–Kier alpha value is -3.56. The summed E-state index contributed by atoms with van der Waals surface area (Å²) in [6.07, 6.45) is 1.68. The van der Waals surface area contributed by atoms with E-state index in [1.807, 2.05) is 35.6 Å². The maximum atomic E-state index is 13.8. The number of hydrogen-bond acceptors (Lipinski definition) is 4. The van der Waals surface area contributed by atoms with Crippen LogP contribution in [0.3, 0.4) is 0 Å². The summed E-state index contributed by atoms with van der Waals surface area (Å²) in [6, 6.07) is 12.2. The van der Waals surface area contributed by atoms with Crippen molar-refractivity contribution in [3.63, 3.8) is 0 Å². The fourth-order valence-electron chi connectivity index (χ4n) is 6.38. The summed E-state index contributed by atoms with van der Waals surface area (Å²) in [4.78, 5) is 31.9. The first-order valence-electron chi connectivity index (χ1n) is 14.1. The third-order valence-corrected chi connectivity index (χ3v) is 9.01. The summed E-state index contributed by atoms with van der Waals surface area (Å²) in [7, 11) is 0. The number of urea groups is 1. The number of fused-ring (bicyclic) bond motifs is 1. The van der Waals surface area contributed by atoms with E-state index in [2.05, 4.69) is 5.32 Å². The minimum absolute atomic E-state index is 0.0113. The SMILES string of the molecule is O=C1N[C@H](C(F)(F)F)CN1Cc1ccc2oc([C@@H](NC(=O)C3(c4ccccc4)CC3)C(C3CC3)C3CC3)nc2c1. The van der Waals surface area contributed by atoms with Crippen LogP contribution < -0.4 is 10.6 Å². The van der Waals surface area contributed by atoms with Crippen LogP contribution >= 0.6 is 0 Å². The number of nitrogens with zero attached hydrogens (tertiary/aromatic N) is 2. The molecule has 0 radical (unpaired) electrons. The molecule has 7 rings (SSSR count). The van der Waals surface area contributed by atoms with Crippen molar-refractivity contribution in [2.45, 2.75) is 68.7 Å².